The van der Waals surface area contributed by atoms with Gasteiger partial charge in [-0.15, -0.1) is 0 Å². The van der Waals surface area contributed by atoms with Crippen LogP contribution in [0.5, 0.6) is 0 Å². The maximum Gasteiger partial charge on any atom is 0.00106 e. The van der Waals surface area contributed by atoms with E-state index in [9.17, 15) is 0 Å². The Labute approximate surface area is 110 Å². The minimum absolute atomic E-state index is 0.485. The predicted octanol–water partition coefficient (Wildman–Crippen LogP) is 5.01. The molecule has 0 bridgehead atoms. The molecule has 0 atom stereocenters. The van der Waals surface area contributed by atoms with Crippen LogP contribution in [0.4, 0.5) is 0 Å². The van der Waals surface area contributed by atoms with E-state index in [2.05, 4.69) is 53.8 Å². The van der Waals surface area contributed by atoms with Gasteiger partial charge < -0.3 is 5.32 Å². The molecule has 0 aliphatic carbocycles. The van der Waals surface area contributed by atoms with Gasteiger partial charge in [0.25, 0.3) is 0 Å². The van der Waals surface area contributed by atoms with Crippen LogP contribution in [0.1, 0.15) is 80.6 Å². The Morgan fingerprint density at radius 2 is 1.47 bits per heavy atom. The van der Waals surface area contributed by atoms with Gasteiger partial charge in [-0.3, -0.25) is 0 Å². The van der Waals surface area contributed by atoms with Gasteiger partial charge in [-0.2, -0.15) is 0 Å². The van der Waals surface area contributed by atoms with E-state index in [1.807, 2.05) is 0 Å². The Bertz CT molecular complexity index is 184. The molecule has 0 radical (unpaired) electrons. The van der Waals surface area contributed by atoms with Crippen LogP contribution in [-0.2, 0) is 0 Å². The molecule has 0 heterocycles. The lowest BCUT2D eigenvalue weighted by atomic mass is 9.76. The zero-order chi connectivity index (χ0) is 13.5. The standard InChI is InChI=1S/C16H35N/c1-8-16(9-2,13-17-14(3)4)12-10-11-15(5,6)7/h14,17H,8-13H2,1-7H3. The zero-order valence-corrected chi connectivity index (χ0v) is 13.3. The van der Waals surface area contributed by atoms with Crippen molar-refractivity contribution < 1.29 is 0 Å². The first-order chi connectivity index (χ1) is 7.74. The highest BCUT2D eigenvalue weighted by Gasteiger charge is 2.26. The number of nitrogens with one attached hydrogen (secondary N) is 1. The molecule has 0 rings (SSSR count). The van der Waals surface area contributed by atoms with E-state index >= 15 is 0 Å². The normalized spacial score (nSPS) is 13.4. The summed E-state index contributed by atoms with van der Waals surface area (Å²) in [6.45, 7) is 17.4. The van der Waals surface area contributed by atoms with Gasteiger partial charge in [0.15, 0.2) is 0 Å². The summed E-state index contributed by atoms with van der Waals surface area (Å²) < 4.78 is 0. The summed E-state index contributed by atoms with van der Waals surface area (Å²) in [6.07, 6.45) is 6.68. The zero-order valence-electron chi connectivity index (χ0n) is 13.3. The van der Waals surface area contributed by atoms with Crippen molar-refractivity contribution in [2.24, 2.45) is 10.8 Å². The van der Waals surface area contributed by atoms with Gasteiger partial charge in [-0.05, 0) is 36.5 Å². The average Bonchev–Trinajstić information content (AvgIpc) is 2.21. The van der Waals surface area contributed by atoms with Crippen molar-refractivity contribution in [3.8, 4) is 0 Å². The van der Waals surface area contributed by atoms with E-state index in [0.29, 0.717) is 16.9 Å². The van der Waals surface area contributed by atoms with Crippen LogP contribution < -0.4 is 5.32 Å². The summed E-state index contributed by atoms with van der Waals surface area (Å²) in [5, 5.41) is 3.64. The van der Waals surface area contributed by atoms with Gasteiger partial charge >= 0.3 is 0 Å². The Morgan fingerprint density at radius 3 is 1.82 bits per heavy atom. The molecule has 1 heteroatoms. The highest BCUT2D eigenvalue weighted by Crippen LogP contribution is 2.34. The molecular formula is C16H35N. The second kappa shape index (κ2) is 7.41. The summed E-state index contributed by atoms with van der Waals surface area (Å²) in [5.41, 5.74) is 1.01. The third-order valence-corrected chi connectivity index (χ3v) is 4.02. The molecule has 17 heavy (non-hydrogen) atoms. The third-order valence-electron chi connectivity index (χ3n) is 4.02. The van der Waals surface area contributed by atoms with Crippen molar-refractivity contribution in [2.75, 3.05) is 6.54 Å². The average molecular weight is 241 g/mol. The van der Waals surface area contributed by atoms with Crippen LogP contribution in [0, 0.1) is 10.8 Å². The van der Waals surface area contributed by atoms with Gasteiger partial charge in [0, 0.05) is 12.6 Å². The van der Waals surface area contributed by atoms with Gasteiger partial charge in [0.1, 0.15) is 0 Å². The molecule has 0 aliphatic rings. The SMILES string of the molecule is CCC(CC)(CCCC(C)(C)C)CNC(C)C. The number of hydrogen-bond acceptors (Lipinski definition) is 1. The second-order valence-corrected chi connectivity index (χ2v) is 7.16. The number of rotatable bonds is 8. The fraction of sp³-hybridized carbons (Fsp3) is 1.00. The van der Waals surface area contributed by atoms with Crippen molar-refractivity contribution in [1.82, 2.24) is 5.32 Å². The predicted molar refractivity (Wildman–Crippen MR) is 79.5 cm³/mol. The molecule has 0 amide bonds. The van der Waals surface area contributed by atoms with Gasteiger partial charge in [0.05, 0.1) is 0 Å². The van der Waals surface area contributed by atoms with Crippen LogP contribution >= 0.6 is 0 Å². The smallest absolute Gasteiger partial charge is 0.00106 e. The molecule has 0 aromatic heterocycles. The largest absolute Gasteiger partial charge is 0.314 e. The Balaban J connectivity index is 4.20. The molecule has 0 saturated carbocycles. The van der Waals surface area contributed by atoms with E-state index in [1.54, 1.807) is 0 Å². The van der Waals surface area contributed by atoms with Crippen molar-refractivity contribution in [2.45, 2.75) is 86.6 Å². The lowest BCUT2D eigenvalue weighted by Gasteiger charge is -2.34. The summed E-state index contributed by atoms with van der Waals surface area (Å²) in [7, 11) is 0. The van der Waals surface area contributed by atoms with E-state index < -0.39 is 0 Å². The molecule has 0 saturated heterocycles. The van der Waals surface area contributed by atoms with Crippen molar-refractivity contribution in [1.29, 1.82) is 0 Å². The minimum Gasteiger partial charge on any atom is -0.314 e. The fourth-order valence-corrected chi connectivity index (χ4v) is 2.36. The summed E-state index contributed by atoms with van der Waals surface area (Å²) in [5.74, 6) is 0. The van der Waals surface area contributed by atoms with E-state index in [1.165, 1.54) is 38.6 Å². The molecule has 0 aliphatic heterocycles. The topological polar surface area (TPSA) is 12.0 Å². The molecule has 0 aromatic carbocycles. The maximum atomic E-state index is 3.64. The summed E-state index contributed by atoms with van der Waals surface area (Å²) >= 11 is 0. The first-order valence-corrected chi connectivity index (χ1v) is 7.48. The molecule has 104 valence electrons. The lowest BCUT2D eigenvalue weighted by Crippen LogP contribution is -2.37. The lowest BCUT2D eigenvalue weighted by molar-refractivity contribution is 0.202. The van der Waals surface area contributed by atoms with Crippen molar-refractivity contribution >= 4 is 0 Å². The Morgan fingerprint density at radius 1 is 0.941 bits per heavy atom. The molecule has 0 aromatic rings. The van der Waals surface area contributed by atoms with Gasteiger partial charge in [-0.1, -0.05) is 54.9 Å². The summed E-state index contributed by atoms with van der Waals surface area (Å²) in [6, 6.07) is 0.607. The fourth-order valence-electron chi connectivity index (χ4n) is 2.36. The molecule has 1 N–H and O–H groups in total. The van der Waals surface area contributed by atoms with Crippen molar-refractivity contribution in [3.63, 3.8) is 0 Å². The third kappa shape index (κ3) is 7.81. The minimum atomic E-state index is 0.485. The van der Waals surface area contributed by atoms with Crippen molar-refractivity contribution in [3.05, 3.63) is 0 Å². The first kappa shape index (κ1) is 17.0. The molecule has 1 nitrogen and oxygen atoms in total. The van der Waals surface area contributed by atoms with E-state index in [0.717, 1.165) is 0 Å². The molecule has 0 fully saturated rings. The molecular weight excluding hydrogens is 206 g/mol. The maximum absolute atomic E-state index is 3.64. The Hall–Kier alpha value is -0.0400. The monoisotopic (exact) mass is 241 g/mol. The second-order valence-electron chi connectivity index (χ2n) is 7.16. The van der Waals surface area contributed by atoms with E-state index in [-0.39, 0.29) is 0 Å². The van der Waals surface area contributed by atoms with E-state index in [4.69, 9.17) is 0 Å². The first-order valence-electron chi connectivity index (χ1n) is 7.48. The molecule has 0 spiro atoms. The Kier molecular flexibility index (Phi) is 7.39. The van der Waals surface area contributed by atoms with Crippen LogP contribution in [0.25, 0.3) is 0 Å². The van der Waals surface area contributed by atoms with Gasteiger partial charge in [0.2, 0.25) is 0 Å². The van der Waals surface area contributed by atoms with Crippen LogP contribution in [-0.4, -0.2) is 12.6 Å². The molecule has 0 unspecified atom stereocenters. The number of hydrogen-bond donors (Lipinski definition) is 1. The van der Waals surface area contributed by atoms with Crippen LogP contribution in [0.2, 0.25) is 0 Å². The van der Waals surface area contributed by atoms with Gasteiger partial charge in [-0.25, -0.2) is 0 Å². The summed E-state index contributed by atoms with van der Waals surface area (Å²) in [4.78, 5) is 0. The van der Waals surface area contributed by atoms with Crippen LogP contribution in [0.3, 0.4) is 0 Å². The highest BCUT2D eigenvalue weighted by molar-refractivity contribution is 4.80. The highest BCUT2D eigenvalue weighted by atomic mass is 14.9. The van der Waals surface area contributed by atoms with Crippen LogP contribution in [0.15, 0.2) is 0 Å². The quantitative estimate of drug-likeness (QED) is 0.630.